The topological polar surface area (TPSA) is 38.0 Å². The van der Waals surface area contributed by atoms with E-state index in [2.05, 4.69) is 23.0 Å². The van der Waals surface area contributed by atoms with Crippen molar-refractivity contribution in [1.29, 1.82) is 0 Å². The van der Waals surface area contributed by atoms with Crippen molar-refractivity contribution in [2.75, 3.05) is 11.9 Å². The molecule has 0 aliphatic heterocycles. The van der Waals surface area contributed by atoms with Crippen LogP contribution >= 0.6 is 11.3 Å². The van der Waals surface area contributed by atoms with Gasteiger partial charge in [-0.1, -0.05) is 6.42 Å². The summed E-state index contributed by atoms with van der Waals surface area (Å²) in [5, 5.41) is 8.01. The van der Waals surface area contributed by atoms with Crippen LogP contribution in [0.3, 0.4) is 0 Å². The van der Waals surface area contributed by atoms with Crippen molar-refractivity contribution >= 4 is 17.0 Å². The molecule has 2 unspecified atom stereocenters. The van der Waals surface area contributed by atoms with Crippen molar-refractivity contribution < 1.29 is 0 Å². The lowest BCUT2D eigenvalue weighted by Crippen LogP contribution is -2.29. The molecule has 0 amide bonds. The molecule has 78 valence electrons. The maximum atomic E-state index is 5.75. The first-order valence-electron chi connectivity index (χ1n) is 5.30. The maximum Gasteiger partial charge on any atom is 0.0480 e. The van der Waals surface area contributed by atoms with E-state index in [1.807, 2.05) is 0 Å². The van der Waals surface area contributed by atoms with Crippen LogP contribution in [-0.2, 0) is 0 Å². The minimum atomic E-state index is 0.605. The number of hydrogen-bond donors (Lipinski definition) is 2. The molecule has 0 radical (unpaired) electrons. The monoisotopic (exact) mass is 210 g/mol. The second-order valence-corrected chi connectivity index (χ2v) is 4.89. The Morgan fingerprint density at radius 2 is 2.36 bits per heavy atom. The van der Waals surface area contributed by atoms with Gasteiger partial charge in [-0.2, -0.15) is 0 Å². The number of rotatable bonds is 3. The largest absolute Gasteiger partial charge is 0.381 e. The van der Waals surface area contributed by atoms with E-state index in [0.717, 1.165) is 6.54 Å². The van der Waals surface area contributed by atoms with Gasteiger partial charge < -0.3 is 11.1 Å². The summed E-state index contributed by atoms with van der Waals surface area (Å²) in [4.78, 5) is 0. The van der Waals surface area contributed by atoms with Crippen molar-refractivity contribution in [3.8, 4) is 0 Å². The average molecular weight is 210 g/mol. The number of hydrogen-bond acceptors (Lipinski definition) is 3. The third-order valence-corrected chi connectivity index (χ3v) is 4.02. The molecular formula is C11H18N2S. The Hall–Kier alpha value is -0.540. The molecule has 3 N–H and O–H groups in total. The number of nitrogens with two attached hydrogens (primary N) is 1. The molecule has 1 aromatic heterocycles. The lowest BCUT2D eigenvalue weighted by molar-refractivity contribution is 0.516. The van der Waals surface area contributed by atoms with Crippen LogP contribution in [0.4, 0.5) is 5.69 Å². The first-order valence-corrected chi connectivity index (χ1v) is 6.25. The van der Waals surface area contributed by atoms with E-state index in [-0.39, 0.29) is 0 Å². The molecule has 1 aliphatic rings. The fraction of sp³-hybridized carbons (Fsp3) is 0.636. The number of nitrogens with one attached hydrogen (secondary N) is 1. The van der Waals surface area contributed by atoms with E-state index in [1.165, 1.54) is 30.5 Å². The van der Waals surface area contributed by atoms with Crippen molar-refractivity contribution in [3.05, 3.63) is 16.3 Å². The Bertz CT molecular complexity index is 295. The molecule has 1 heterocycles. The molecule has 1 saturated carbocycles. The number of anilines is 1. The van der Waals surface area contributed by atoms with E-state index in [0.29, 0.717) is 12.0 Å². The molecule has 0 bridgehead atoms. The smallest absolute Gasteiger partial charge is 0.0480 e. The van der Waals surface area contributed by atoms with Crippen LogP contribution in [-0.4, -0.2) is 12.6 Å². The molecule has 2 rings (SSSR count). The highest BCUT2D eigenvalue weighted by atomic mass is 32.1. The zero-order valence-electron chi connectivity index (χ0n) is 8.62. The molecule has 0 saturated heterocycles. The standard InChI is InChI=1S/C11H18N2S/c1-8-6-14-7-11(8)13-10-4-2-3-9(10)5-12/h6-7,9-10,13H,2-5,12H2,1H3. The summed E-state index contributed by atoms with van der Waals surface area (Å²) in [7, 11) is 0. The summed E-state index contributed by atoms with van der Waals surface area (Å²) >= 11 is 1.76. The van der Waals surface area contributed by atoms with Crippen LogP contribution in [0.15, 0.2) is 10.8 Å². The van der Waals surface area contributed by atoms with E-state index in [1.54, 1.807) is 11.3 Å². The first-order chi connectivity index (χ1) is 6.81. The highest BCUT2D eigenvalue weighted by Gasteiger charge is 2.26. The van der Waals surface area contributed by atoms with Crippen LogP contribution in [0.25, 0.3) is 0 Å². The van der Waals surface area contributed by atoms with Gasteiger partial charge in [0, 0.05) is 17.1 Å². The third-order valence-electron chi connectivity index (χ3n) is 3.16. The zero-order valence-corrected chi connectivity index (χ0v) is 9.44. The average Bonchev–Trinajstić information content (AvgIpc) is 2.77. The van der Waals surface area contributed by atoms with E-state index in [9.17, 15) is 0 Å². The van der Waals surface area contributed by atoms with Crippen molar-refractivity contribution in [1.82, 2.24) is 0 Å². The zero-order chi connectivity index (χ0) is 9.97. The molecule has 1 aromatic rings. The maximum absolute atomic E-state index is 5.75. The molecule has 0 spiro atoms. The molecule has 2 nitrogen and oxygen atoms in total. The lowest BCUT2D eigenvalue weighted by Gasteiger charge is -2.20. The van der Waals surface area contributed by atoms with Gasteiger partial charge in [-0.3, -0.25) is 0 Å². The minimum Gasteiger partial charge on any atom is -0.381 e. The Kier molecular flexibility index (Phi) is 3.08. The lowest BCUT2D eigenvalue weighted by atomic mass is 10.0. The van der Waals surface area contributed by atoms with E-state index >= 15 is 0 Å². The van der Waals surface area contributed by atoms with Crippen LogP contribution in [0.2, 0.25) is 0 Å². The Balaban J connectivity index is 2.00. The Morgan fingerprint density at radius 1 is 1.50 bits per heavy atom. The van der Waals surface area contributed by atoms with Gasteiger partial charge in [0.2, 0.25) is 0 Å². The normalized spacial score (nSPS) is 26.7. The van der Waals surface area contributed by atoms with Gasteiger partial charge in [-0.15, -0.1) is 11.3 Å². The Labute approximate surface area is 89.5 Å². The van der Waals surface area contributed by atoms with E-state index < -0.39 is 0 Å². The van der Waals surface area contributed by atoms with Gasteiger partial charge in [-0.05, 0) is 43.2 Å². The van der Waals surface area contributed by atoms with Crippen LogP contribution in [0, 0.1) is 12.8 Å². The molecule has 0 aromatic carbocycles. The summed E-state index contributed by atoms with van der Waals surface area (Å²) in [5.74, 6) is 0.675. The number of aryl methyl sites for hydroxylation is 1. The van der Waals surface area contributed by atoms with Crippen molar-refractivity contribution in [2.45, 2.75) is 32.2 Å². The highest BCUT2D eigenvalue weighted by Crippen LogP contribution is 2.29. The first kappa shape index (κ1) is 9.99. The predicted molar refractivity (Wildman–Crippen MR) is 62.9 cm³/mol. The Morgan fingerprint density at radius 3 is 3.00 bits per heavy atom. The van der Waals surface area contributed by atoms with Crippen LogP contribution < -0.4 is 11.1 Å². The summed E-state index contributed by atoms with van der Waals surface area (Å²) in [6.07, 6.45) is 3.89. The number of thiophene rings is 1. The summed E-state index contributed by atoms with van der Waals surface area (Å²) in [6, 6.07) is 0.605. The molecule has 14 heavy (non-hydrogen) atoms. The molecular weight excluding hydrogens is 192 g/mol. The fourth-order valence-corrected chi connectivity index (χ4v) is 3.01. The minimum absolute atomic E-state index is 0.605. The molecule has 1 aliphatic carbocycles. The van der Waals surface area contributed by atoms with Crippen LogP contribution in [0.1, 0.15) is 24.8 Å². The summed E-state index contributed by atoms with van der Waals surface area (Å²) in [5.41, 5.74) is 8.42. The molecule has 3 heteroatoms. The van der Waals surface area contributed by atoms with Gasteiger partial charge in [0.25, 0.3) is 0 Å². The van der Waals surface area contributed by atoms with E-state index in [4.69, 9.17) is 5.73 Å². The fourth-order valence-electron chi connectivity index (χ4n) is 2.22. The van der Waals surface area contributed by atoms with Crippen LogP contribution in [0.5, 0.6) is 0 Å². The summed E-state index contributed by atoms with van der Waals surface area (Å²) in [6.45, 7) is 2.98. The second kappa shape index (κ2) is 4.32. The van der Waals surface area contributed by atoms with Gasteiger partial charge in [-0.25, -0.2) is 0 Å². The highest BCUT2D eigenvalue weighted by molar-refractivity contribution is 7.08. The van der Waals surface area contributed by atoms with Gasteiger partial charge in [0.1, 0.15) is 0 Å². The van der Waals surface area contributed by atoms with Gasteiger partial charge in [0.15, 0.2) is 0 Å². The SMILES string of the molecule is Cc1cscc1NC1CCCC1CN. The summed E-state index contributed by atoms with van der Waals surface area (Å²) < 4.78 is 0. The quantitative estimate of drug-likeness (QED) is 0.804. The van der Waals surface area contributed by atoms with Crippen molar-refractivity contribution in [3.63, 3.8) is 0 Å². The van der Waals surface area contributed by atoms with Crippen molar-refractivity contribution in [2.24, 2.45) is 11.7 Å². The molecule has 2 atom stereocenters. The second-order valence-electron chi connectivity index (χ2n) is 4.15. The molecule has 1 fully saturated rings. The predicted octanol–water partition coefficient (Wildman–Crippen LogP) is 2.60. The van der Waals surface area contributed by atoms with Gasteiger partial charge >= 0.3 is 0 Å². The van der Waals surface area contributed by atoms with Gasteiger partial charge in [0.05, 0.1) is 0 Å². The third kappa shape index (κ3) is 1.93.